The highest BCUT2D eigenvalue weighted by Crippen LogP contribution is 2.14. The van der Waals surface area contributed by atoms with Gasteiger partial charge in [0.25, 0.3) is 0 Å². The van der Waals surface area contributed by atoms with Gasteiger partial charge in [-0.2, -0.15) is 0 Å². The highest BCUT2D eigenvalue weighted by molar-refractivity contribution is 5.69. The number of carbonyl (C=O) groups is 1. The number of hydrogen-bond donors (Lipinski definition) is 2. The number of carbonyl (C=O) groups excluding carboxylic acids is 1. The SMILES string of the molecule is CC(C)(C)OC(=O)CCOCCOCCOCCOc1cc(CO)nc(CO)c1. The molecule has 1 aromatic heterocycles. The molecule has 0 fully saturated rings. The monoisotopic (exact) mass is 415 g/mol. The van der Waals surface area contributed by atoms with Crippen molar-refractivity contribution in [3.63, 3.8) is 0 Å². The molecule has 1 rings (SSSR count). The maximum absolute atomic E-state index is 11.5. The van der Waals surface area contributed by atoms with E-state index in [1.165, 1.54) is 0 Å². The van der Waals surface area contributed by atoms with Crippen LogP contribution < -0.4 is 4.74 Å². The van der Waals surface area contributed by atoms with Gasteiger partial charge in [-0.25, -0.2) is 0 Å². The predicted octanol–water partition coefficient (Wildman–Crippen LogP) is 1.23. The standard InChI is InChI=1S/C20H33NO8/c1-20(2,3)29-19(24)4-5-25-6-7-26-8-9-27-10-11-28-18-12-16(14-22)21-17(13-18)15-23/h12-13,22-23H,4-11,14-15H2,1-3H3. The molecule has 166 valence electrons. The Bertz CT molecular complexity index is 566. The van der Waals surface area contributed by atoms with Crippen LogP contribution in [0.2, 0.25) is 0 Å². The Morgan fingerprint density at radius 2 is 1.34 bits per heavy atom. The van der Waals surface area contributed by atoms with Gasteiger partial charge in [0.15, 0.2) is 0 Å². The second kappa shape index (κ2) is 14.2. The molecule has 9 heteroatoms. The van der Waals surface area contributed by atoms with Gasteiger partial charge >= 0.3 is 5.97 Å². The molecular formula is C20H33NO8. The second-order valence-corrected chi connectivity index (χ2v) is 7.12. The molecule has 0 aliphatic rings. The summed E-state index contributed by atoms with van der Waals surface area (Å²) in [4.78, 5) is 15.5. The molecule has 0 atom stereocenters. The molecule has 2 N–H and O–H groups in total. The Hall–Kier alpha value is -1.78. The summed E-state index contributed by atoms with van der Waals surface area (Å²) in [6.07, 6.45) is 0.220. The molecule has 1 heterocycles. The number of aliphatic hydroxyl groups excluding tert-OH is 2. The van der Waals surface area contributed by atoms with E-state index in [1.807, 2.05) is 20.8 Å². The fraction of sp³-hybridized carbons (Fsp3) is 0.700. The van der Waals surface area contributed by atoms with Gasteiger partial charge in [-0.1, -0.05) is 0 Å². The topological polar surface area (TPSA) is 117 Å². The molecule has 0 radical (unpaired) electrons. The van der Waals surface area contributed by atoms with Crippen LogP contribution >= 0.6 is 0 Å². The van der Waals surface area contributed by atoms with Crippen LogP contribution in [-0.2, 0) is 37.0 Å². The summed E-state index contributed by atoms with van der Waals surface area (Å²) in [6.45, 7) is 7.70. The molecule has 0 unspecified atom stereocenters. The minimum atomic E-state index is -0.478. The van der Waals surface area contributed by atoms with Crippen molar-refractivity contribution in [3.05, 3.63) is 23.5 Å². The van der Waals surface area contributed by atoms with Crippen LogP contribution in [0.3, 0.4) is 0 Å². The molecule has 29 heavy (non-hydrogen) atoms. The fourth-order valence-corrected chi connectivity index (χ4v) is 2.17. The van der Waals surface area contributed by atoms with Crippen LogP contribution in [0.25, 0.3) is 0 Å². The van der Waals surface area contributed by atoms with Crippen molar-refractivity contribution >= 4 is 5.97 Å². The van der Waals surface area contributed by atoms with E-state index in [-0.39, 0.29) is 25.6 Å². The van der Waals surface area contributed by atoms with E-state index in [9.17, 15) is 4.79 Å². The summed E-state index contributed by atoms with van der Waals surface area (Å²) in [7, 11) is 0. The third-order valence-corrected chi connectivity index (χ3v) is 3.34. The lowest BCUT2D eigenvalue weighted by Crippen LogP contribution is -2.24. The highest BCUT2D eigenvalue weighted by Gasteiger charge is 2.15. The Balaban J connectivity index is 1.96. The first-order valence-corrected chi connectivity index (χ1v) is 9.63. The molecule has 0 saturated heterocycles. The van der Waals surface area contributed by atoms with Gasteiger partial charge in [-0.3, -0.25) is 9.78 Å². The number of aliphatic hydroxyl groups is 2. The largest absolute Gasteiger partial charge is 0.491 e. The van der Waals surface area contributed by atoms with Gasteiger partial charge in [-0.05, 0) is 20.8 Å². The first kappa shape index (κ1) is 25.3. The number of hydrogen-bond acceptors (Lipinski definition) is 9. The fourth-order valence-electron chi connectivity index (χ4n) is 2.17. The zero-order valence-electron chi connectivity index (χ0n) is 17.5. The molecule has 0 saturated carbocycles. The number of nitrogens with zero attached hydrogens (tertiary/aromatic N) is 1. The minimum Gasteiger partial charge on any atom is -0.491 e. The third kappa shape index (κ3) is 13.1. The van der Waals surface area contributed by atoms with Gasteiger partial charge in [0.05, 0.1) is 70.7 Å². The molecule has 0 aliphatic heterocycles. The lowest BCUT2D eigenvalue weighted by molar-refractivity contribution is -0.156. The van der Waals surface area contributed by atoms with E-state index >= 15 is 0 Å². The number of aromatic nitrogens is 1. The summed E-state index contributed by atoms with van der Waals surface area (Å²) < 4.78 is 26.8. The maximum Gasteiger partial charge on any atom is 0.308 e. The van der Waals surface area contributed by atoms with Crippen LogP contribution in [0.1, 0.15) is 38.6 Å². The van der Waals surface area contributed by atoms with Crippen molar-refractivity contribution in [3.8, 4) is 5.75 Å². The highest BCUT2D eigenvalue weighted by atomic mass is 16.6. The molecule has 1 aromatic rings. The number of rotatable bonds is 15. The molecule has 0 amide bonds. The Morgan fingerprint density at radius 1 is 0.862 bits per heavy atom. The van der Waals surface area contributed by atoms with Crippen molar-refractivity contribution < 1.29 is 38.7 Å². The molecule has 0 aliphatic carbocycles. The lowest BCUT2D eigenvalue weighted by Gasteiger charge is -2.19. The van der Waals surface area contributed by atoms with Gasteiger partial charge in [0.1, 0.15) is 18.0 Å². The van der Waals surface area contributed by atoms with Crippen molar-refractivity contribution in [2.45, 2.75) is 46.0 Å². The quantitative estimate of drug-likeness (QED) is 0.322. The summed E-state index contributed by atoms with van der Waals surface area (Å²) in [5.41, 5.74) is 0.400. The van der Waals surface area contributed by atoms with E-state index in [1.54, 1.807) is 12.1 Å². The third-order valence-electron chi connectivity index (χ3n) is 3.34. The molecular weight excluding hydrogens is 382 g/mol. The van der Waals surface area contributed by atoms with E-state index < -0.39 is 5.60 Å². The van der Waals surface area contributed by atoms with Crippen LogP contribution in [-0.4, -0.2) is 73.0 Å². The average molecular weight is 415 g/mol. The molecule has 0 bridgehead atoms. The number of ether oxygens (including phenoxy) is 5. The van der Waals surface area contributed by atoms with Crippen LogP contribution in [0.15, 0.2) is 12.1 Å². The summed E-state index contributed by atoms with van der Waals surface area (Å²) >= 11 is 0. The zero-order chi connectivity index (χ0) is 21.5. The Labute approximate surface area is 171 Å². The van der Waals surface area contributed by atoms with Gasteiger partial charge < -0.3 is 33.9 Å². The molecule has 9 nitrogen and oxygen atoms in total. The summed E-state index contributed by atoms with van der Waals surface area (Å²) in [5.74, 6) is 0.248. The van der Waals surface area contributed by atoms with Gasteiger partial charge in [0, 0.05) is 12.1 Å². The predicted molar refractivity (Wildman–Crippen MR) is 104 cm³/mol. The van der Waals surface area contributed by atoms with E-state index in [4.69, 9.17) is 33.9 Å². The van der Waals surface area contributed by atoms with Crippen molar-refractivity contribution in [1.82, 2.24) is 4.98 Å². The smallest absolute Gasteiger partial charge is 0.308 e. The van der Waals surface area contributed by atoms with Crippen LogP contribution in [0.5, 0.6) is 5.75 Å². The van der Waals surface area contributed by atoms with E-state index in [2.05, 4.69) is 4.98 Å². The average Bonchev–Trinajstić information content (AvgIpc) is 2.67. The second-order valence-electron chi connectivity index (χ2n) is 7.12. The van der Waals surface area contributed by atoms with Crippen LogP contribution in [0, 0.1) is 0 Å². The zero-order valence-corrected chi connectivity index (χ0v) is 17.5. The molecule has 0 aromatic carbocycles. The van der Waals surface area contributed by atoms with Crippen LogP contribution in [0.4, 0.5) is 0 Å². The lowest BCUT2D eigenvalue weighted by atomic mass is 10.2. The summed E-state index contributed by atoms with van der Waals surface area (Å²) in [6, 6.07) is 3.23. The Morgan fingerprint density at radius 3 is 1.83 bits per heavy atom. The first-order valence-electron chi connectivity index (χ1n) is 9.63. The summed E-state index contributed by atoms with van der Waals surface area (Å²) in [5, 5.41) is 18.3. The van der Waals surface area contributed by atoms with Crippen molar-refractivity contribution in [2.24, 2.45) is 0 Å². The number of pyridine rings is 1. The van der Waals surface area contributed by atoms with E-state index in [0.29, 0.717) is 63.4 Å². The number of esters is 1. The van der Waals surface area contributed by atoms with E-state index in [0.717, 1.165) is 0 Å². The first-order chi connectivity index (χ1) is 13.8. The maximum atomic E-state index is 11.5. The normalized spacial score (nSPS) is 11.5. The van der Waals surface area contributed by atoms with Crippen molar-refractivity contribution in [2.75, 3.05) is 46.2 Å². The Kier molecular flexibility index (Phi) is 12.4. The van der Waals surface area contributed by atoms with Gasteiger partial charge in [-0.15, -0.1) is 0 Å². The van der Waals surface area contributed by atoms with Gasteiger partial charge in [0.2, 0.25) is 0 Å². The molecule has 0 spiro atoms. The van der Waals surface area contributed by atoms with Crippen molar-refractivity contribution in [1.29, 1.82) is 0 Å². The minimum absolute atomic E-state index is 0.219.